The lowest BCUT2D eigenvalue weighted by Crippen LogP contribution is -2.41. The van der Waals surface area contributed by atoms with Crippen molar-refractivity contribution in [1.82, 2.24) is 5.32 Å². The van der Waals surface area contributed by atoms with Gasteiger partial charge in [0.1, 0.15) is 0 Å². The fourth-order valence-electron chi connectivity index (χ4n) is 2.51. The van der Waals surface area contributed by atoms with Gasteiger partial charge in [0.25, 0.3) is 0 Å². The molecule has 2 nitrogen and oxygen atoms in total. The Labute approximate surface area is 111 Å². The monoisotopic (exact) mass is 256 g/mol. The van der Waals surface area contributed by atoms with Crippen LogP contribution in [-0.4, -0.2) is 23.0 Å². The van der Waals surface area contributed by atoms with Crippen LogP contribution in [0.25, 0.3) is 0 Å². The summed E-state index contributed by atoms with van der Waals surface area (Å²) in [4.78, 5) is 4.97. The maximum atomic E-state index is 4.97. The highest BCUT2D eigenvalue weighted by molar-refractivity contribution is 8.13. The van der Waals surface area contributed by atoms with E-state index in [1.165, 1.54) is 19.3 Å². The Bertz CT molecular complexity index is 258. The number of aliphatic imine (C=N–C) groups is 1. The third-order valence-corrected chi connectivity index (χ3v) is 4.02. The largest absolute Gasteiger partial charge is 0.360 e. The average molecular weight is 256 g/mol. The van der Waals surface area contributed by atoms with Gasteiger partial charge in [-0.25, -0.2) is 0 Å². The van der Waals surface area contributed by atoms with Crippen molar-refractivity contribution in [3.63, 3.8) is 0 Å². The zero-order valence-corrected chi connectivity index (χ0v) is 13.0. The first-order valence-corrected chi connectivity index (χ1v) is 7.96. The summed E-state index contributed by atoms with van der Waals surface area (Å²) in [6, 6.07) is 0.501. The first kappa shape index (κ1) is 14.9. The van der Waals surface area contributed by atoms with Crippen molar-refractivity contribution in [2.24, 2.45) is 16.8 Å². The predicted molar refractivity (Wildman–Crippen MR) is 79.8 cm³/mol. The average Bonchev–Trinajstić information content (AvgIpc) is 2.20. The SMILES string of the molecule is CSC(=NC1C(C)CCCC1C)NC(C)(C)C. The minimum absolute atomic E-state index is 0.100. The molecule has 0 aromatic rings. The molecule has 2 unspecified atom stereocenters. The number of rotatable bonds is 1. The van der Waals surface area contributed by atoms with Crippen molar-refractivity contribution < 1.29 is 0 Å². The van der Waals surface area contributed by atoms with Crippen LogP contribution in [0.5, 0.6) is 0 Å². The molecule has 17 heavy (non-hydrogen) atoms. The molecule has 1 fully saturated rings. The van der Waals surface area contributed by atoms with Crippen LogP contribution in [-0.2, 0) is 0 Å². The van der Waals surface area contributed by atoms with Gasteiger partial charge < -0.3 is 5.32 Å². The fourth-order valence-corrected chi connectivity index (χ4v) is 3.15. The number of hydrogen-bond acceptors (Lipinski definition) is 2. The molecule has 1 N–H and O–H groups in total. The molecule has 0 bridgehead atoms. The highest BCUT2D eigenvalue weighted by atomic mass is 32.2. The van der Waals surface area contributed by atoms with Crippen molar-refractivity contribution in [2.75, 3.05) is 6.26 Å². The minimum Gasteiger partial charge on any atom is -0.360 e. The van der Waals surface area contributed by atoms with Gasteiger partial charge in [0, 0.05) is 5.54 Å². The Morgan fingerprint density at radius 3 is 2.12 bits per heavy atom. The standard InChI is InChI=1S/C14H28N2S/c1-10-8-7-9-11(2)12(10)15-13(17-6)16-14(3,4)5/h10-12H,7-9H2,1-6H3,(H,15,16). The molecule has 100 valence electrons. The molecule has 3 heteroatoms. The Morgan fingerprint density at radius 1 is 1.18 bits per heavy atom. The Kier molecular flexibility index (Phi) is 5.36. The molecular formula is C14H28N2S. The van der Waals surface area contributed by atoms with E-state index < -0.39 is 0 Å². The van der Waals surface area contributed by atoms with Gasteiger partial charge in [-0.2, -0.15) is 0 Å². The van der Waals surface area contributed by atoms with Crippen LogP contribution >= 0.6 is 11.8 Å². The van der Waals surface area contributed by atoms with Crippen LogP contribution < -0.4 is 5.32 Å². The number of nitrogens with zero attached hydrogens (tertiary/aromatic N) is 1. The molecule has 0 aliphatic heterocycles. The Hall–Kier alpha value is -0.180. The first-order valence-electron chi connectivity index (χ1n) is 6.73. The van der Waals surface area contributed by atoms with E-state index in [1.54, 1.807) is 11.8 Å². The lowest BCUT2D eigenvalue weighted by Gasteiger charge is -2.33. The van der Waals surface area contributed by atoms with E-state index in [0.29, 0.717) is 6.04 Å². The highest BCUT2D eigenvalue weighted by Crippen LogP contribution is 2.31. The van der Waals surface area contributed by atoms with Crippen LogP contribution in [0.1, 0.15) is 53.9 Å². The van der Waals surface area contributed by atoms with Gasteiger partial charge in [0.2, 0.25) is 0 Å². The number of thioether (sulfide) groups is 1. The predicted octanol–water partition coefficient (Wildman–Crippen LogP) is 3.92. The van der Waals surface area contributed by atoms with E-state index in [9.17, 15) is 0 Å². The second kappa shape index (κ2) is 6.12. The molecule has 1 aliphatic rings. The lowest BCUT2D eigenvalue weighted by molar-refractivity contribution is 0.252. The van der Waals surface area contributed by atoms with Crippen LogP contribution in [0.3, 0.4) is 0 Å². The zero-order chi connectivity index (χ0) is 13.1. The number of amidine groups is 1. The lowest BCUT2D eigenvalue weighted by atomic mass is 9.79. The molecule has 0 aromatic carbocycles. The van der Waals surface area contributed by atoms with Crippen molar-refractivity contribution in [2.45, 2.75) is 65.5 Å². The molecule has 1 saturated carbocycles. The van der Waals surface area contributed by atoms with Gasteiger partial charge in [-0.15, -0.1) is 0 Å². The third-order valence-electron chi connectivity index (χ3n) is 3.43. The summed E-state index contributed by atoms with van der Waals surface area (Å²) in [7, 11) is 0. The van der Waals surface area contributed by atoms with Crippen LogP contribution in [0.15, 0.2) is 4.99 Å². The molecule has 2 atom stereocenters. The quantitative estimate of drug-likeness (QED) is 0.568. The Balaban J connectivity index is 2.74. The van der Waals surface area contributed by atoms with Gasteiger partial charge >= 0.3 is 0 Å². The molecule has 0 aromatic heterocycles. The van der Waals surface area contributed by atoms with Crippen LogP contribution in [0.2, 0.25) is 0 Å². The maximum absolute atomic E-state index is 4.97. The summed E-state index contributed by atoms with van der Waals surface area (Å²) in [6.45, 7) is 11.3. The summed E-state index contributed by atoms with van der Waals surface area (Å²) in [6.07, 6.45) is 6.14. The minimum atomic E-state index is 0.100. The van der Waals surface area contributed by atoms with Gasteiger partial charge in [-0.05, 0) is 51.7 Å². The molecule has 0 spiro atoms. The molecule has 0 radical (unpaired) electrons. The second-order valence-corrected chi connectivity index (χ2v) is 7.18. The van der Waals surface area contributed by atoms with Gasteiger partial charge in [-0.1, -0.05) is 32.0 Å². The summed E-state index contributed by atoms with van der Waals surface area (Å²) < 4.78 is 0. The van der Waals surface area contributed by atoms with Crippen LogP contribution in [0, 0.1) is 11.8 Å². The van der Waals surface area contributed by atoms with Gasteiger partial charge in [-0.3, -0.25) is 4.99 Å². The van der Waals surface area contributed by atoms with E-state index in [1.807, 2.05) is 0 Å². The smallest absolute Gasteiger partial charge is 0.156 e. The summed E-state index contributed by atoms with van der Waals surface area (Å²) >= 11 is 1.73. The molecule has 1 aliphatic carbocycles. The van der Waals surface area contributed by atoms with E-state index in [0.717, 1.165) is 17.0 Å². The molecular weight excluding hydrogens is 228 g/mol. The van der Waals surface area contributed by atoms with Crippen molar-refractivity contribution in [3.05, 3.63) is 0 Å². The third kappa shape index (κ3) is 4.90. The summed E-state index contributed by atoms with van der Waals surface area (Å²) in [5.41, 5.74) is 0.100. The van der Waals surface area contributed by atoms with Gasteiger partial charge in [0.05, 0.1) is 6.04 Å². The van der Waals surface area contributed by atoms with E-state index in [4.69, 9.17) is 4.99 Å². The molecule has 0 heterocycles. The highest BCUT2D eigenvalue weighted by Gasteiger charge is 2.28. The normalized spacial score (nSPS) is 31.4. The Morgan fingerprint density at radius 2 is 1.71 bits per heavy atom. The van der Waals surface area contributed by atoms with E-state index >= 15 is 0 Å². The fraction of sp³-hybridized carbons (Fsp3) is 0.929. The molecule has 0 saturated heterocycles. The zero-order valence-electron chi connectivity index (χ0n) is 12.2. The number of nitrogens with one attached hydrogen (secondary N) is 1. The second-order valence-electron chi connectivity index (χ2n) is 6.39. The first-order chi connectivity index (χ1) is 7.83. The number of hydrogen-bond donors (Lipinski definition) is 1. The van der Waals surface area contributed by atoms with Crippen molar-refractivity contribution >= 4 is 16.9 Å². The van der Waals surface area contributed by atoms with Crippen LogP contribution in [0.4, 0.5) is 0 Å². The topological polar surface area (TPSA) is 24.4 Å². The van der Waals surface area contributed by atoms with E-state index in [2.05, 4.69) is 46.2 Å². The van der Waals surface area contributed by atoms with Crippen molar-refractivity contribution in [1.29, 1.82) is 0 Å². The summed E-state index contributed by atoms with van der Waals surface area (Å²) in [5.74, 6) is 1.45. The maximum Gasteiger partial charge on any atom is 0.156 e. The van der Waals surface area contributed by atoms with Gasteiger partial charge in [0.15, 0.2) is 5.17 Å². The molecule has 0 amide bonds. The van der Waals surface area contributed by atoms with Crippen molar-refractivity contribution in [3.8, 4) is 0 Å². The van der Waals surface area contributed by atoms with E-state index in [-0.39, 0.29) is 5.54 Å². The summed E-state index contributed by atoms with van der Waals surface area (Å²) in [5, 5.41) is 4.61. The molecule has 1 rings (SSSR count).